The highest BCUT2D eigenvalue weighted by Gasteiger charge is 2.34. The Morgan fingerprint density at radius 2 is 1.97 bits per heavy atom. The minimum Gasteiger partial charge on any atom is -0.369 e. The Bertz CT molecular complexity index is 1180. The Hall–Kier alpha value is -2.11. The van der Waals surface area contributed by atoms with Crippen molar-refractivity contribution in [2.45, 2.75) is 42.0 Å². The van der Waals surface area contributed by atoms with Crippen molar-refractivity contribution in [3.63, 3.8) is 0 Å². The number of hydrogen-bond donors (Lipinski definition) is 2. The fourth-order valence-electron chi connectivity index (χ4n) is 3.50. The van der Waals surface area contributed by atoms with Gasteiger partial charge in [-0.1, -0.05) is 29.8 Å². The summed E-state index contributed by atoms with van der Waals surface area (Å²) in [6.07, 6.45) is 6.31. The number of halogens is 1. The first-order chi connectivity index (χ1) is 14.7. The SMILES string of the molecule is NC1(c2cc(CSc3ccc(OS(N)(=O)=O)c(Cl)c3)cc(Cn3cncn3)c2)CCC1. The molecule has 11 heteroatoms. The maximum atomic E-state index is 11.1. The van der Waals surface area contributed by atoms with E-state index in [0.29, 0.717) is 12.3 Å². The van der Waals surface area contributed by atoms with Crippen LogP contribution in [0.15, 0.2) is 53.9 Å². The largest absolute Gasteiger partial charge is 0.380 e. The molecule has 4 rings (SSSR count). The van der Waals surface area contributed by atoms with Gasteiger partial charge < -0.3 is 9.92 Å². The van der Waals surface area contributed by atoms with Crippen LogP contribution in [0.1, 0.15) is 36.0 Å². The standard InChI is InChI=1S/C20H22ClN5O3S2/c21-18-9-17(2-3-19(18)29-31(23,27)28)30-11-15-6-14(10-26-13-24-12-25-26)7-16(8-15)20(22)4-1-5-20/h2-3,6-9,12-13H,1,4-5,10-11,22H2,(H2,23,27,28). The lowest BCUT2D eigenvalue weighted by atomic mass is 9.72. The molecule has 31 heavy (non-hydrogen) atoms. The molecule has 0 bridgehead atoms. The lowest BCUT2D eigenvalue weighted by molar-refractivity contribution is 0.253. The zero-order chi connectivity index (χ0) is 22.1. The Labute approximate surface area is 190 Å². The molecular formula is C20H22ClN5O3S2. The summed E-state index contributed by atoms with van der Waals surface area (Å²) in [4.78, 5) is 4.88. The van der Waals surface area contributed by atoms with Crippen molar-refractivity contribution in [3.8, 4) is 5.75 Å². The number of benzene rings is 2. The topological polar surface area (TPSA) is 126 Å². The van der Waals surface area contributed by atoms with Gasteiger partial charge in [0.05, 0.1) is 11.6 Å². The zero-order valence-electron chi connectivity index (χ0n) is 16.6. The quantitative estimate of drug-likeness (QED) is 0.475. The van der Waals surface area contributed by atoms with Crippen LogP contribution >= 0.6 is 23.4 Å². The predicted molar refractivity (Wildman–Crippen MR) is 120 cm³/mol. The molecular weight excluding hydrogens is 458 g/mol. The van der Waals surface area contributed by atoms with Crippen LogP contribution in [0.25, 0.3) is 0 Å². The molecule has 0 saturated heterocycles. The summed E-state index contributed by atoms with van der Waals surface area (Å²) in [5.41, 5.74) is 9.72. The summed E-state index contributed by atoms with van der Waals surface area (Å²) in [7, 11) is -4.12. The van der Waals surface area contributed by atoms with Gasteiger partial charge in [-0.3, -0.25) is 0 Å². The van der Waals surface area contributed by atoms with E-state index < -0.39 is 10.3 Å². The molecule has 1 saturated carbocycles. The van der Waals surface area contributed by atoms with Crippen LogP contribution in [0.5, 0.6) is 5.75 Å². The minimum absolute atomic E-state index is 0.000638. The van der Waals surface area contributed by atoms with Crippen LogP contribution in [0, 0.1) is 0 Å². The van der Waals surface area contributed by atoms with Crippen molar-refractivity contribution >= 4 is 33.7 Å². The number of nitrogens with two attached hydrogens (primary N) is 2. The van der Waals surface area contributed by atoms with Crippen molar-refractivity contribution in [1.82, 2.24) is 14.8 Å². The van der Waals surface area contributed by atoms with Gasteiger partial charge in [0.1, 0.15) is 12.7 Å². The predicted octanol–water partition coefficient (Wildman–Crippen LogP) is 3.19. The minimum atomic E-state index is -4.12. The number of rotatable bonds is 8. The van der Waals surface area contributed by atoms with Crippen LogP contribution in [-0.4, -0.2) is 23.2 Å². The molecule has 0 radical (unpaired) electrons. The average Bonchev–Trinajstić information content (AvgIpc) is 3.18. The molecule has 4 N–H and O–H groups in total. The molecule has 3 aromatic rings. The zero-order valence-corrected chi connectivity index (χ0v) is 19.0. The molecule has 1 aliphatic rings. The molecule has 8 nitrogen and oxygen atoms in total. The smallest absolute Gasteiger partial charge is 0.369 e. The Balaban J connectivity index is 1.53. The molecule has 1 aliphatic carbocycles. The number of nitrogens with zero attached hydrogens (tertiary/aromatic N) is 3. The van der Waals surface area contributed by atoms with Gasteiger partial charge in [0.25, 0.3) is 0 Å². The van der Waals surface area contributed by atoms with E-state index in [4.69, 9.17) is 22.5 Å². The van der Waals surface area contributed by atoms with Crippen LogP contribution in [0.2, 0.25) is 5.02 Å². The molecule has 0 atom stereocenters. The molecule has 1 aromatic heterocycles. The van der Waals surface area contributed by atoms with Gasteiger partial charge in [0.2, 0.25) is 0 Å². The van der Waals surface area contributed by atoms with Crippen LogP contribution in [-0.2, 0) is 28.1 Å². The van der Waals surface area contributed by atoms with Crippen molar-refractivity contribution in [3.05, 3.63) is 70.8 Å². The van der Waals surface area contributed by atoms with Crippen molar-refractivity contribution in [2.24, 2.45) is 10.9 Å². The van der Waals surface area contributed by atoms with Crippen molar-refractivity contribution < 1.29 is 12.6 Å². The van der Waals surface area contributed by atoms with Gasteiger partial charge in [-0.05, 0) is 54.2 Å². The maximum absolute atomic E-state index is 11.1. The molecule has 0 spiro atoms. The highest BCUT2D eigenvalue weighted by Crippen LogP contribution is 2.40. The summed E-state index contributed by atoms with van der Waals surface area (Å²) in [6, 6.07) is 11.4. The molecule has 2 aromatic carbocycles. The monoisotopic (exact) mass is 479 g/mol. The summed E-state index contributed by atoms with van der Waals surface area (Å²) >= 11 is 7.72. The average molecular weight is 480 g/mol. The van der Waals surface area contributed by atoms with Gasteiger partial charge in [0.15, 0.2) is 5.75 Å². The lowest BCUT2D eigenvalue weighted by Gasteiger charge is -2.39. The van der Waals surface area contributed by atoms with Crippen molar-refractivity contribution in [2.75, 3.05) is 0 Å². The fourth-order valence-corrected chi connectivity index (χ4v) is 5.09. The Morgan fingerprint density at radius 1 is 1.19 bits per heavy atom. The Morgan fingerprint density at radius 3 is 2.58 bits per heavy atom. The lowest BCUT2D eigenvalue weighted by Crippen LogP contribution is -2.43. The second-order valence-corrected chi connectivity index (χ2v) is 10.2. The van der Waals surface area contributed by atoms with E-state index in [9.17, 15) is 8.42 Å². The van der Waals surface area contributed by atoms with E-state index in [0.717, 1.165) is 40.8 Å². The van der Waals surface area contributed by atoms with Gasteiger partial charge in [-0.25, -0.2) is 9.67 Å². The van der Waals surface area contributed by atoms with E-state index in [1.807, 2.05) is 0 Å². The van der Waals surface area contributed by atoms with E-state index in [2.05, 4.69) is 32.5 Å². The first-order valence-corrected chi connectivity index (χ1v) is 12.4. The second kappa shape index (κ2) is 8.79. The third-order valence-electron chi connectivity index (χ3n) is 5.20. The van der Waals surface area contributed by atoms with Crippen molar-refractivity contribution in [1.29, 1.82) is 0 Å². The number of thioether (sulfide) groups is 1. The van der Waals surface area contributed by atoms with Crippen LogP contribution in [0.4, 0.5) is 0 Å². The number of hydrogen-bond acceptors (Lipinski definition) is 7. The van der Waals surface area contributed by atoms with Gasteiger partial charge >= 0.3 is 10.3 Å². The summed E-state index contributed by atoms with van der Waals surface area (Å²) in [6.45, 7) is 0.618. The van der Waals surface area contributed by atoms with E-state index in [-0.39, 0.29) is 16.3 Å². The third kappa shape index (κ3) is 5.58. The van der Waals surface area contributed by atoms with Gasteiger partial charge in [-0.2, -0.15) is 18.7 Å². The number of aromatic nitrogens is 3. The normalized spacial score (nSPS) is 15.5. The molecule has 0 aliphatic heterocycles. The third-order valence-corrected chi connectivity index (χ3v) is 6.97. The molecule has 1 fully saturated rings. The molecule has 164 valence electrons. The van der Waals surface area contributed by atoms with Gasteiger partial charge in [-0.15, -0.1) is 11.8 Å². The fraction of sp³-hybridized carbons (Fsp3) is 0.300. The van der Waals surface area contributed by atoms with Crippen LogP contribution < -0.4 is 15.1 Å². The molecule has 1 heterocycles. The highest BCUT2D eigenvalue weighted by atomic mass is 35.5. The van der Waals surface area contributed by atoms with E-state index in [1.165, 1.54) is 12.4 Å². The Kier molecular flexibility index (Phi) is 6.27. The summed E-state index contributed by atoms with van der Waals surface area (Å²) in [5, 5.41) is 9.27. The van der Waals surface area contributed by atoms with E-state index >= 15 is 0 Å². The van der Waals surface area contributed by atoms with E-state index in [1.54, 1.807) is 34.9 Å². The second-order valence-electron chi connectivity index (χ2n) is 7.60. The highest BCUT2D eigenvalue weighted by molar-refractivity contribution is 7.98. The first kappa shape index (κ1) is 22.1. The van der Waals surface area contributed by atoms with Gasteiger partial charge in [0, 0.05) is 16.2 Å². The first-order valence-electron chi connectivity index (χ1n) is 9.59. The maximum Gasteiger partial charge on any atom is 0.380 e. The molecule has 0 amide bonds. The summed E-state index contributed by atoms with van der Waals surface area (Å²) in [5.74, 6) is 0.695. The van der Waals surface area contributed by atoms with Crippen LogP contribution in [0.3, 0.4) is 0 Å². The summed E-state index contributed by atoms with van der Waals surface area (Å²) < 4.78 is 28.7. The molecule has 0 unspecified atom stereocenters.